The first-order valence-corrected chi connectivity index (χ1v) is 11.0. The van der Waals surface area contributed by atoms with E-state index in [0.29, 0.717) is 39.2 Å². The molecule has 0 fully saturated rings. The van der Waals surface area contributed by atoms with E-state index in [4.69, 9.17) is 14.2 Å². The standard InChI is InChI=1S/C22H19N3O7S/c1-30-20-11-14(22(26)31-2)9-10-19(20)32-13-15-12-25(24-23-15)18-7-3-6-17-16(18)5-4-8-21(17)33(27,28)29/h3-12H,13H2,1-2H3,(H,27,28,29)/p-1. The Balaban J connectivity index is 1.60. The highest BCUT2D eigenvalue weighted by atomic mass is 32.2. The van der Waals surface area contributed by atoms with Crippen molar-refractivity contribution in [1.82, 2.24) is 15.0 Å². The van der Waals surface area contributed by atoms with Crippen LogP contribution >= 0.6 is 0 Å². The van der Waals surface area contributed by atoms with Crippen molar-refractivity contribution < 1.29 is 32.0 Å². The Morgan fingerprint density at radius 3 is 2.52 bits per heavy atom. The van der Waals surface area contributed by atoms with Crippen molar-refractivity contribution in [3.63, 3.8) is 0 Å². The molecule has 170 valence electrons. The Bertz CT molecular complexity index is 1450. The van der Waals surface area contributed by atoms with Crippen molar-refractivity contribution in [3.05, 3.63) is 72.1 Å². The third-order valence-electron chi connectivity index (χ3n) is 4.88. The van der Waals surface area contributed by atoms with Gasteiger partial charge in [0.1, 0.15) is 22.4 Å². The molecule has 0 amide bonds. The van der Waals surface area contributed by atoms with Gasteiger partial charge in [-0.1, -0.05) is 29.5 Å². The number of nitrogens with zero attached hydrogens (tertiary/aromatic N) is 3. The summed E-state index contributed by atoms with van der Waals surface area (Å²) in [6.07, 6.45) is 1.63. The predicted octanol–water partition coefficient (Wildman–Crippen LogP) is 2.70. The number of esters is 1. The van der Waals surface area contributed by atoms with E-state index in [2.05, 4.69) is 10.3 Å². The SMILES string of the molecule is COC(=O)c1ccc(OCc2cn(-c3cccc4c(S(=O)(=O)[O-])cccc34)nn2)c(OC)c1. The Hall–Kier alpha value is -3.96. The molecule has 0 spiro atoms. The van der Waals surface area contributed by atoms with Crippen molar-refractivity contribution in [2.45, 2.75) is 11.5 Å². The number of carbonyl (C=O) groups is 1. The van der Waals surface area contributed by atoms with Crippen LogP contribution in [-0.4, -0.2) is 48.2 Å². The highest BCUT2D eigenvalue weighted by Crippen LogP contribution is 2.30. The summed E-state index contributed by atoms with van der Waals surface area (Å²) < 4.78 is 52.0. The van der Waals surface area contributed by atoms with Crippen molar-refractivity contribution in [2.24, 2.45) is 0 Å². The average molecular weight is 468 g/mol. The van der Waals surface area contributed by atoms with Gasteiger partial charge in [0.25, 0.3) is 0 Å². The fraction of sp³-hybridized carbons (Fsp3) is 0.136. The lowest BCUT2D eigenvalue weighted by molar-refractivity contribution is 0.0600. The molecule has 1 aromatic heterocycles. The van der Waals surface area contributed by atoms with Crippen LogP contribution in [0.5, 0.6) is 11.5 Å². The van der Waals surface area contributed by atoms with Crippen molar-refractivity contribution in [3.8, 4) is 17.2 Å². The molecule has 0 saturated heterocycles. The summed E-state index contributed by atoms with van der Waals surface area (Å²) in [7, 11) is -1.89. The molecule has 11 heteroatoms. The number of aromatic nitrogens is 3. The zero-order valence-corrected chi connectivity index (χ0v) is 18.4. The zero-order valence-electron chi connectivity index (χ0n) is 17.6. The molecule has 4 aromatic rings. The van der Waals surface area contributed by atoms with Gasteiger partial charge in [-0.25, -0.2) is 17.9 Å². The molecule has 33 heavy (non-hydrogen) atoms. The van der Waals surface area contributed by atoms with Crippen LogP contribution in [0.2, 0.25) is 0 Å². The fourth-order valence-electron chi connectivity index (χ4n) is 3.35. The maximum Gasteiger partial charge on any atom is 0.337 e. The molecule has 4 rings (SSSR count). The second-order valence-corrected chi connectivity index (χ2v) is 8.23. The van der Waals surface area contributed by atoms with E-state index in [1.165, 1.54) is 37.1 Å². The molecule has 3 aromatic carbocycles. The van der Waals surface area contributed by atoms with Gasteiger partial charge >= 0.3 is 5.97 Å². The van der Waals surface area contributed by atoms with Crippen LogP contribution in [0.15, 0.2) is 65.7 Å². The third kappa shape index (κ3) is 4.49. The lowest BCUT2D eigenvalue weighted by Gasteiger charge is -2.12. The first-order chi connectivity index (χ1) is 15.8. The predicted molar refractivity (Wildman–Crippen MR) is 115 cm³/mol. The minimum Gasteiger partial charge on any atom is -0.744 e. The maximum atomic E-state index is 11.7. The van der Waals surface area contributed by atoms with Gasteiger partial charge in [-0.2, -0.15) is 0 Å². The van der Waals surface area contributed by atoms with Crippen LogP contribution in [0.25, 0.3) is 16.5 Å². The van der Waals surface area contributed by atoms with Crippen molar-refractivity contribution >= 4 is 26.9 Å². The molecule has 0 atom stereocenters. The molecular formula is C22H18N3O7S-. The highest BCUT2D eigenvalue weighted by molar-refractivity contribution is 7.86. The van der Waals surface area contributed by atoms with Crippen LogP contribution in [0.4, 0.5) is 0 Å². The van der Waals surface area contributed by atoms with Gasteiger partial charge < -0.3 is 18.8 Å². The van der Waals surface area contributed by atoms with E-state index in [1.807, 2.05) is 0 Å². The number of hydrogen-bond donors (Lipinski definition) is 0. The number of methoxy groups -OCH3 is 2. The highest BCUT2D eigenvalue weighted by Gasteiger charge is 2.14. The number of rotatable bonds is 7. The van der Waals surface area contributed by atoms with Gasteiger partial charge in [0.05, 0.1) is 36.6 Å². The lowest BCUT2D eigenvalue weighted by Crippen LogP contribution is -2.03. The molecule has 0 unspecified atom stereocenters. The quantitative estimate of drug-likeness (QED) is 0.296. The number of ether oxygens (including phenoxy) is 3. The molecule has 1 heterocycles. The van der Waals surface area contributed by atoms with Gasteiger partial charge in [0.15, 0.2) is 11.5 Å². The van der Waals surface area contributed by atoms with Crippen LogP contribution in [0.1, 0.15) is 16.1 Å². The van der Waals surface area contributed by atoms with E-state index >= 15 is 0 Å². The molecule has 0 aliphatic rings. The summed E-state index contributed by atoms with van der Waals surface area (Å²) >= 11 is 0. The van der Waals surface area contributed by atoms with E-state index in [-0.39, 0.29) is 11.5 Å². The Morgan fingerprint density at radius 1 is 1.03 bits per heavy atom. The van der Waals surface area contributed by atoms with Crippen LogP contribution in [0, 0.1) is 0 Å². The summed E-state index contributed by atoms with van der Waals surface area (Å²) in [5.74, 6) is 0.256. The van der Waals surface area contributed by atoms with E-state index in [0.717, 1.165) is 0 Å². The van der Waals surface area contributed by atoms with E-state index in [1.54, 1.807) is 42.6 Å². The summed E-state index contributed by atoms with van der Waals surface area (Å²) in [4.78, 5) is 11.4. The summed E-state index contributed by atoms with van der Waals surface area (Å²) in [6.45, 7) is 0.0545. The molecule has 0 radical (unpaired) electrons. The number of fused-ring (bicyclic) bond motifs is 1. The lowest BCUT2D eigenvalue weighted by atomic mass is 10.1. The molecule has 0 N–H and O–H groups in total. The Kier molecular flexibility index (Phi) is 5.99. The van der Waals surface area contributed by atoms with Crippen LogP contribution in [0.3, 0.4) is 0 Å². The van der Waals surface area contributed by atoms with Crippen LogP contribution in [-0.2, 0) is 21.5 Å². The topological polar surface area (TPSA) is 133 Å². The molecule has 0 bridgehead atoms. The first kappa shape index (κ1) is 22.2. The third-order valence-corrected chi connectivity index (χ3v) is 5.77. The summed E-state index contributed by atoms with van der Waals surface area (Å²) in [5.41, 5.74) is 1.36. The van der Waals surface area contributed by atoms with Gasteiger partial charge in [-0.05, 0) is 30.3 Å². The van der Waals surface area contributed by atoms with E-state index < -0.39 is 16.1 Å². The molecule has 10 nitrogen and oxygen atoms in total. The minimum atomic E-state index is -4.64. The van der Waals surface area contributed by atoms with Gasteiger partial charge in [0, 0.05) is 10.8 Å². The number of hydrogen-bond acceptors (Lipinski definition) is 9. The average Bonchev–Trinajstić information content (AvgIpc) is 3.29. The van der Waals surface area contributed by atoms with Gasteiger partial charge in [0.2, 0.25) is 0 Å². The van der Waals surface area contributed by atoms with Crippen molar-refractivity contribution in [1.29, 1.82) is 0 Å². The van der Waals surface area contributed by atoms with Crippen molar-refractivity contribution in [2.75, 3.05) is 14.2 Å². The molecular weight excluding hydrogens is 450 g/mol. The summed E-state index contributed by atoms with van der Waals surface area (Å²) in [6, 6.07) is 14.1. The Morgan fingerprint density at radius 2 is 1.79 bits per heavy atom. The van der Waals surface area contributed by atoms with Gasteiger partial charge in [-0.3, -0.25) is 0 Å². The number of benzene rings is 3. The fourth-order valence-corrected chi connectivity index (χ4v) is 4.04. The minimum absolute atomic E-state index is 0.0545. The Labute approximate surface area is 189 Å². The zero-order chi connectivity index (χ0) is 23.6. The number of carbonyl (C=O) groups excluding carboxylic acids is 1. The first-order valence-electron chi connectivity index (χ1n) is 9.60. The molecule has 0 aliphatic carbocycles. The second-order valence-electron chi connectivity index (χ2n) is 6.88. The normalized spacial score (nSPS) is 11.4. The second kappa shape index (κ2) is 8.88. The maximum absolute atomic E-state index is 11.7. The smallest absolute Gasteiger partial charge is 0.337 e. The van der Waals surface area contributed by atoms with Gasteiger partial charge in [-0.15, -0.1) is 5.10 Å². The summed E-state index contributed by atoms with van der Waals surface area (Å²) in [5, 5.41) is 9.03. The molecule has 0 saturated carbocycles. The largest absolute Gasteiger partial charge is 0.744 e. The monoisotopic (exact) mass is 468 g/mol. The molecule has 0 aliphatic heterocycles. The van der Waals surface area contributed by atoms with Crippen LogP contribution < -0.4 is 9.47 Å². The van der Waals surface area contributed by atoms with E-state index in [9.17, 15) is 17.8 Å².